The van der Waals surface area contributed by atoms with Crippen molar-refractivity contribution in [2.24, 2.45) is 5.41 Å². The molecule has 3 atom stereocenters. The minimum atomic E-state index is 0.400. The van der Waals surface area contributed by atoms with E-state index in [1.807, 2.05) is 0 Å². The van der Waals surface area contributed by atoms with E-state index >= 15 is 0 Å². The van der Waals surface area contributed by atoms with Crippen molar-refractivity contribution in [3.05, 3.63) is 48.0 Å². The van der Waals surface area contributed by atoms with E-state index in [0.717, 1.165) is 6.54 Å². The molecule has 0 aliphatic heterocycles. The van der Waals surface area contributed by atoms with E-state index in [0.29, 0.717) is 17.4 Å². The quantitative estimate of drug-likeness (QED) is 0.803. The molecule has 1 N–H and O–H groups in total. The van der Waals surface area contributed by atoms with E-state index in [1.54, 1.807) is 0 Å². The van der Waals surface area contributed by atoms with E-state index in [-0.39, 0.29) is 0 Å². The minimum Gasteiger partial charge on any atom is -0.313 e. The Bertz CT molecular complexity index is 618. The average Bonchev–Trinajstić information content (AvgIpc) is 2.53. The molecule has 0 amide bonds. The van der Waals surface area contributed by atoms with Gasteiger partial charge < -0.3 is 5.32 Å². The van der Waals surface area contributed by atoms with Crippen LogP contribution < -0.4 is 5.32 Å². The van der Waals surface area contributed by atoms with Crippen molar-refractivity contribution in [2.45, 2.75) is 52.0 Å². The topological polar surface area (TPSA) is 12.0 Å². The highest BCUT2D eigenvalue weighted by atomic mass is 15.0. The van der Waals surface area contributed by atoms with E-state index in [1.165, 1.54) is 35.6 Å². The maximum absolute atomic E-state index is 3.75. The van der Waals surface area contributed by atoms with Crippen LogP contribution in [0.5, 0.6) is 0 Å². The van der Waals surface area contributed by atoms with Crippen molar-refractivity contribution >= 4 is 10.8 Å². The summed E-state index contributed by atoms with van der Waals surface area (Å²) in [5, 5.41) is 6.47. The summed E-state index contributed by atoms with van der Waals surface area (Å²) in [7, 11) is 0. The molecular weight excluding hydrogens is 254 g/mol. The summed E-state index contributed by atoms with van der Waals surface area (Å²) in [5.41, 5.74) is 1.92. The molecule has 0 saturated heterocycles. The van der Waals surface area contributed by atoms with Crippen molar-refractivity contribution in [3.63, 3.8) is 0 Å². The molecule has 0 radical (unpaired) electrons. The molecule has 2 aromatic rings. The molecule has 21 heavy (non-hydrogen) atoms. The van der Waals surface area contributed by atoms with E-state index < -0.39 is 0 Å². The summed E-state index contributed by atoms with van der Waals surface area (Å²) in [6.07, 6.45) is 3.74. The summed E-state index contributed by atoms with van der Waals surface area (Å²) in [6, 6.07) is 16.4. The molecular formula is C20H27N. The van der Waals surface area contributed by atoms with Crippen LogP contribution in [0.3, 0.4) is 0 Å². The van der Waals surface area contributed by atoms with Gasteiger partial charge in [0, 0.05) is 6.04 Å². The lowest BCUT2D eigenvalue weighted by Gasteiger charge is -2.55. The number of rotatable bonds is 5. The zero-order valence-corrected chi connectivity index (χ0v) is 13.5. The number of hydrogen-bond donors (Lipinski definition) is 1. The first-order valence-electron chi connectivity index (χ1n) is 8.41. The zero-order valence-electron chi connectivity index (χ0n) is 13.5. The Morgan fingerprint density at radius 3 is 2.57 bits per heavy atom. The van der Waals surface area contributed by atoms with Gasteiger partial charge >= 0.3 is 0 Å². The van der Waals surface area contributed by atoms with Gasteiger partial charge in [-0.1, -0.05) is 63.2 Å². The highest BCUT2D eigenvalue weighted by molar-refractivity contribution is 5.83. The van der Waals surface area contributed by atoms with Gasteiger partial charge in [0.1, 0.15) is 0 Å². The van der Waals surface area contributed by atoms with E-state index in [2.05, 4.69) is 68.6 Å². The van der Waals surface area contributed by atoms with Gasteiger partial charge in [0.2, 0.25) is 0 Å². The van der Waals surface area contributed by atoms with Crippen LogP contribution in [-0.2, 0) is 0 Å². The van der Waals surface area contributed by atoms with Gasteiger partial charge in [-0.05, 0) is 53.5 Å². The Hall–Kier alpha value is -1.34. The fourth-order valence-electron chi connectivity index (χ4n) is 3.93. The van der Waals surface area contributed by atoms with E-state index in [9.17, 15) is 0 Å². The summed E-state index contributed by atoms with van der Waals surface area (Å²) in [5.74, 6) is 0.696. The van der Waals surface area contributed by atoms with Crippen LogP contribution in [-0.4, -0.2) is 12.6 Å². The molecule has 1 nitrogen and oxygen atoms in total. The standard InChI is InChI=1S/C20H27N/c1-4-12-21-19-14-18(20(19,3)5-2)17-11-10-15-8-6-7-9-16(15)13-17/h6-11,13,18-19,21H,4-5,12,14H2,1-3H3. The van der Waals surface area contributed by atoms with Crippen LogP contribution in [0.15, 0.2) is 42.5 Å². The van der Waals surface area contributed by atoms with E-state index in [4.69, 9.17) is 0 Å². The molecule has 0 heterocycles. The fraction of sp³-hybridized carbons (Fsp3) is 0.500. The number of benzene rings is 2. The highest BCUT2D eigenvalue weighted by Crippen LogP contribution is 2.55. The predicted octanol–water partition coefficient (Wildman–Crippen LogP) is 5.11. The SMILES string of the molecule is CCCNC1CC(c2ccc3ccccc3c2)C1(C)CC. The van der Waals surface area contributed by atoms with Gasteiger partial charge in [0.25, 0.3) is 0 Å². The summed E-state index contributed by atoms with van der Waals surface area (Å²) < 4.78 is 0. The largest absolute Gasteiger partial charge is 0.313 e. The third kappa shape index (κ3) is 2.48. The summed E-state index contributed by atoms with van der Waals surface area (Å²) in [6.45, 7) is 8.19. The first-order chi connectivity index (χ1) is 10.2. The van der Waals surface area contributed by atoms with Crippen molar-refractivity contribution in [2.75, 3.05) is 6.54 Å². The van der Waals surface area contributed by atoms with Gasteiger partial charge in [-0.15, -0.1) is 0 Å². The smallest absolute Gasteiger partial charge is 0.0133 e. The van der Waals surface area contributed by atoms with Crippen molar-refractivity contribution in [1.29, 1.82) is 0 Å². The zero-order chi connectivity index (χ0) is 14.9. The van der Waals surface area contributed by atoms with Crippen LogP contribution in [0, 0.1) is 5.41 Å². The lowest BCUT2D eigenvalue weighted by molar-refractivity contribution is 0.0446. The lowest BCUT2D eigenvalue weighted by atomic mass is 9.54. The van der Waals surface area contributed by atoms with Crippen LogP contribution in [0.4, 0.5) is 0 Å². The normalized spacial score (nSPS) is 28.5. The second-order valence-electron chi connectivity index (χ2n) is 6.76. The molecule has 0 bridgehead atoms. The second kappa shape index (κ2) is 5.81. The molecule has 1 fully saturated rings. The van der Waals surface area contributed by atoms with Crippen molar-refractivity contribution in [3.8, 4) is 0 Å². The monoisotopic (exact) mass is 281 g/mol. The molecule has 1 aliphatic carbocycles. The van der Waals surface area contributed by atoms with Gasteiger partial charge in [0.05, 0.1) is 0 Å². The first-order valence-corrected chi connectivity index (χ1v) is 8.41. The van der Waals surface area contributed by atoms with Crippen molar-refractivity contribution < 1.29 is 0 Å². The molecule has 1 saturated carbocycles. The van der Waals surface area contributed by atoms with Crippen molar-refractivity contribution in [1.82, 2.24) is 5.32 Å². The maximum Gasteiger partial charge on any atom is 0.0133 e. The molecule has 112 valence electrons. The Kier molecular flexibility index (Phi) is 4.03. The average molecular weight is 281 g/mol. The third-order valence-electron chi connectivity index (χ3n) is 5.64. The predicted molar refractivity (Wildman–Crippen MR) is 91.8 cm³/mol. The third-order valence-corrected chi connectivity index (χ3v) is 5.64. The molecule has 3 unspecified atom stereocenters. The van der Waals surface area contributed by atoms with Crippen LogP contribution in [0.25, 0.3) is 10.8 Å². The summed E-state index contributed by atoms with van der Waals surface area (Å²) in [4.78, 5) is 0. The lowest BCUT2D eigenvalue weighted by Crippen LogP contribution is -2.56. The summed E-state index contributed by atoms with van der Waals surface area (Å²) >= 11 is 0. The number of hydrogen-bond acceptors (Lipinski definition) is 1. The fourth-order valence-corrected chi connectivity index (χ4v) is 3.93. The number of fused-ring (bicyclic) bond motifs is 1. The van der Waals surface area contributed by atoms with Gasteiger partial charge in [0.15, 0.2) is 0 Å². The maximum atomic E-state index is 3.75. The Balaban J connectivity index is 1.85. The molecule has 3 rings (SSSR count). The first kappa shape index (κ1) is 14.6. The highest BCUT2D eigenvalue weighted by Gasteiger charge is 2.50. The van der Waals surface area contributed by atoms with Gasteiger partial charge in [-0.2, -0.15) is 0 Å². The molecule has 0 spiro atoms. The van der Waals surface area contributed by atoms with Gasteiger partial charge in [-0.3, -0.25) is 0 Å². The Morgan fingerprint density at radius 2 is 1.86 bits per heavy atom. The molecule has 1 heteroatoms. The molecule has 2 aromatic carbocycles. The Morgan fingerprint density at radius 1 is 1.10 bits per heavy atom. The second-order valence-corrected chi connectivity index (χ2v) is 6.76. The van der Waals surface area contributed by atoms with Gasteiger partial charge in [-0.25, -0.2) is 0 Å². The molecule has 1 aliphatic rings. The Labute approximate surface area is 128 Å². The van der Waals surface area contributed by atoms with Crippen LogP contribution in [0.2, 0.25) is 0 Å². The van der Waals surface area contributed by atoms with Crippen LogP contribution in [0.1, 0.15) is 51.5 Å². The minimum absolute atomic E-state index is 0.400. The molecule has 0 aromatic heterocycles. The number of nitrogens with one attached hydrogen (secondary N) is 1. The van der Waals surface area contributed by atoms with Crippen LogP contribution >= 0.6 is 0 Å².